The first-order valence-electron chi connectivity index (χ1n) is 11.7. The van der Waals surface area contributed by atoms with Crippen LogP contribution in [0.4, 0.5) is 5.69 Å². The number of nitrogens with zero attached hydrogens (tertiary/aromatic N) is 3. The molecule has 2 aliphatic rings. The van der Waals surface area contributed by atoms with E-state index in [0.717, 1.165) is 48.4 Å². The Morgan fingerprint density at radius 2 is 1.67 bits per heavy atom. The molecule has 174 valence electrons. The SMILES string of the molecule is CCOc1ccc(C2=C(N(C)C3CCN(C)CC3)C(=O)N(c3ccc(C)cc3C)C2=O)cc1. The number of likely N-dealkylation sites (tertiary alicyclic amines) is 1. The summed E-state index contributed by atoms with van der Waals surface area (Å²) in [7, 11) is 4.07. The molecule has 0 atom stereocenters. The van der Waals surface area contributed by atoms with Gasteiger partial charge in [0.05, 0.1) is 17.9 Å². The molecule has 33 heavy (non-hydrogen) atoms. The Morgan fingerprint density at radius 1 is 1.00 bits per heavy atom. The summed E-state index contributed by atoms with van der Waals surface area (Å²) in [6, 6.07) is 13.5. The number of amides is 2. The second-order valence-corrected chi connectivity index (χ2v) is 9.06. The van der Waals surface area contributed by atoms with Gasteiger partial charge in [-0.1, -0.05) is 29.8 Å². The van der Waals surface area contributed by atoms with Crippen LogP contribution in [0.1, 0.15) is 36.5 Å². The van der Waals surface area contributed by atoms with Crippen molar-refractivity contribution in [2.45, 2.75) is 39.7 Å². The maximum absolute atomic E-state index is 13.8. The second-order valence-electron chi connectivity index (χ2n) is 9.06. The van der Waals surface area contributed by atoms with Crippen molar-refractivity contribution in [2.75, 3.05) is 38.7 Å². The molecule has 0 aromatic heterocycles. The molecular weight excluding hydrogens is 414 g/mol. The molecular formula is C27H33N3O3. The van der Waals surface area contributed by atoms with Gasteiger partial charge in [-0.3, -0.25) is 9.59 Å². The summed E-state index contributed by atoms with van der Waals surface area (Å²) < 4.78 is 5.57. The predicted molar refractivity (Wildman–Crippen MR) is 131 cm³/mol. The Balaban J connectivity index is 1.78. The molecule has 2 aliphatic heterocycles. The highest BCUT2D eigenvalue weighted by molar-refractivity contribution is 6.45. The van der Waals surface area contributed by atoms with Crippen LogP contribution in [-0.2, 0) is 9.59 Å². The largest absolute Gasteiger partial charge is 0.494 e. The maximum Gasteiger partial charge on any atom is 0.282 e. The van der Waals surface area contributed by atoms with E-state index in [9.17, 15) is 9.59 Å². The summed E-state index contributed by atoms with van der Waals surface area (Å²) >= 11 is 0. The minimum Gasteiger partial charge on any atom is -0.494 e. The van der Waals surface area contributed by atoms with E-state index in [1.54, 1.807) is 0 Å². The van der Waals surface area contributed by atoms with Crippen LogP contribution in [0.2, 0.25) is 0 Å². The van der Waals surface area contributed by atoms with E-state index in [1.165, 1.54) is 4.90 Å². The fraction of sp³-hybridized carbons (Fsp3) is 0.407. The number of ether oxygens (including phenoxy) is 1. The monoisotopic (exact) mass is 447 g/mol. The van der Waals surface area contributed by atoms with E-state index >= 15 is 0 Å². The third-order valence-electron chi connectivity index (χ3n) is 6.70. The van der Waals surface area contributed by atoms with Gasteiger partial charge in [0, 0.05) is 13.1 Å². The Kier molecular flexibility index (Phi) is 6.56. The number of carbonyl (C=O) groups is 2. The average Bonchev–Trinajstić information content (AvgIpc) is 3.05. The summed E-state index contributed by atoms with van der Waals surface area (Å²) in [6.07, 6.45) is 1.91. The van der Waals surface area contributed by atoms with E-state index in [1.807, 2.05) is 75.2 Å². The van der Waals surface area contributed by atoms with Crippen molar-refractivity contribution in [2.24, 2.45) is 0 Å². The van der Waals surface area contributed by atoms with Crippen LogP contribution in [0.25, 0.3) is 5.57 Å². The zero-order valence-corrected chi connectivity index (χ0v) is 20.2. The molecule has 0 radical (unpaired) electrons. The predicted octanol–water partition coefficient (Wildman–Crippen LogP) is 4.01. The van der Waals surface area contributed by atoms with Gasteiger partial charge in [-0.15, -0.1) is 0 Å². The third-order valence-corrected chi connectivity index (χ3v) is 6.70. The van der Waals surface area contributed by atoms with Crippen LogP contribution in [0.15, 0.2) is 48.2 Å². The first kappa shape index (κ1) is 23.1. The summed E-state index contributed by atoms with van der Waals surface area (Å²) in [5.41, 5.74) is 4.33. The van der Waals surface area contributed by atoms with Crippen molar-refractivity contribution in [3.05, 3.63) is 64.9 Å². The second kappa shape index (κ2) is 9.40. The Bertz CT molecular complexity index is 1080. The lowest BCUT2D eigenvalue weighted by atomic mass is 10.00. The Morgan fingerprint density at radius 3 is 2.27 bits per heavy atom. The van der Waals surface area contributed by atoms with Crippen LogP contribution < -0.4 is 9.64 Å². The molecule has 0 spiro atoms. The van der Waals surface area contributed by atoms with Crippen molar-refractivity contribution in [3.8, 4) is 5.75 Å². The zero-order chi connectivity index (χ0) is 23.7. The fourth-order valence-corrected chi connectivity index (χ4v) is 4.83. The van der Waals surface area contributed by atoms with Crippen molar-refractivity contribution >= 4 is 23.1 Å². The number of rotatable bonds is 6. The number of likely N-dealkylation sites (N-methyl/N-ethyl adjacent to an activating group) is 1. The number of imide groups is 1. The van der Waals surface area contributed by atoms with Crippen LogP contribution >= 0.6 is 0 Å². The molecule has 0 unspecified atom stereocenters. The normalized spacial score (nSPS) is 17.8. The van der Waals surface area contributed by atoms with Gasteiger partial charge in [0.15, 0.2) is 0 Å². The number of aryl methyl sites for hydroxylation is 2. The molecule has 0 aliphatic carbocycles. The molecule has 0 bridgehead atoms. The van der Waals surface area contributed by atoms with E-state index in [4.69, 9.17) is 4.74 Å². The third kappa shape index (κ3) is 4.40. The van der Waals surface area contributed by atoms with Gasteiger partial charge < -0.3 is 14.5 Å². The first-order valence-corrected chi connectivity index (χ1v) is 11.7. The van der Waals surface area contributed by atoms with Gasteiger partial charge in [0.1, 0.15) is 11.4 Å². The maximum atomic E-state index is 13.8. The minimum absolute atomic E-state index is 0.213. The Hall–Kier alpha value is -3.12. The van der Waals surface area contributed by atoms with Crippen LogP contribution in [0, 0.1) is 13.8 Å². The minimum atomic E-state index is -0.272. The van der Waals surface area contributed by atoms with E-state index < -0.39 is 0 Å². The van der Waals surface area contributed by atoms with Crippen molar-refractivity contribution in [1.82, 2.24) is 9.80 Å². The highest BCUT2D eigenvalue weighted by atomic mass is 16.5. The lowest BCUT2D eigenvalue weighted by molar-refractivity contribution is -0.120. The first-order chi connectivity index (χ1) is 15.8. The number of piperidine rings is 1. The van der Waals surface area contributed by atoms with Gasteiger partial charge in [-0.05, 0) is 83.1 Å². The molecule has 2 aromatic carbocycles. The van der Waals surface area contributed by atoms with Gasteiger partial charge in [0.25, 0.3) is 11.8 Å². The molecule has 2 aromatic rings. The molecule has 2 amide bonds. The summed E-state index contributed by atoms with van der Waals surface area (Å²) in [5, 5.41) is 0. The summed E-state index contributed by atoms with van der Waals surface area (Å²) in [5.74, 6) is 0.221. The van der Waals surface area contributed by atoms with Crippen LogP contribution in [-0.4, -0.2) is 61.4 Å². The summed E-state index contributed by atoms with van der Waals surface area (Å²) in [4.78, 5) is 33.3. The lowest BCUT2D eigenvalue weighted by Gasteiger charge is -2.36. The molecule has 1 fully saturated rings. The lowest BCUT2D eigenvalue weighted by Crippen LogP contribution is -2.43. The van der Waals surface area contributed by atoms with Gasteiger partial charge in [-0.2, -0.15) is 0 Å². The molecule has 0 saturated carbocycles. The highest BCUT2D eigenvalue weighted by Crippen LogP contribution is 2.37. The van der Waals surface area contributed by atoms with E-state index in [0.29, 0.717) is 23.6 Å². The molecule has 6 heteroatoms. The highest BCUT2D eigenvalue weighted by Gasteiger charge is 2.43. The van der Waals surface area contributed by atoms with Gasteiger partial charge >= 0.3 is 0 Å². The summed E-state index contributed by atoms with van der Waals surface area (Å²) in [6.45, 7) is 8.41. The zero-order valence-electron chi connectivity index (χ0n) is 20.2. The van der Waals surface area contributed by atoms with Crippen molar-refractivity contribution in [3.63, 3.8) is 0 Å². The molecule has 2 heterocycles. The number of carbonyl (C=O) groups excluding carboxylic acids is 2. The number of hydrogen-bond acceptors (Lipinski definition) is 5. The van der Waals surface area contributed by atoms with Crippen LogP contribution in [0.3, 0.4) is 0 Å². The van der Waals surface area contributed by atoms with E-state index in [-0.39, 0.29) is 17.9 Å². The number of anilines is 1. The standard InChI is InChI=1S/C27H33N3O3/c1-6-33-22-10-8-20(9-11-22)24-25(29(5)21-13-15-28(4)16-14-21)27(32)30(26(24)31)23-12-7-18(2)17-19(23)3/h7-12,17,21H,6,13-16H2,1-5H3. The smallest absolute Gasteiger partial charge is 0.282 e. The van der Waals surface area contributed by atoms with Crippen molar-refractivity contribution in [1.29, 1.82) is 0 Å². The number of hydrogen-bond donors (Lipinski definition) is 0. The quantitative estimate of drug-likeness (QED) is 0.627. The number of benzene rings is 2. The molecule has 6 nitrogen and oxygen atoms in total. The van der Waals surface area contributed by atoms with Gasteiger partial charge in [0.2, 0.25) is 0 Å². The topological polar surface area (TPSA) is 53.1 Å². The van der Waals surface area contributed by atoms with Crippen LogP contribution in [0.5, 0.6) is 5.75 Å². The van der Waals surface area contributed by atoms with Gasteiger partial charge in [-0.25, -0.2) is 4.90 Å². The molecule has 1 saturated heterocycles. The fourth-order valence-electron chi connectivity index (χ4n) is 4.83. The van der Waals surface area contributed by atoms with E-state index in [2.05, 4.69) is 11.9 Å². The molecule has 0 N–H and O–H groups in total. The Labute approximate surface area is 196 Å². The average molecular weight is 448 g/mol. The van der Waals surface area contributed by atoms with Crippen molar-refractivity contribution < 1.29 is 14.3 Å². The molecule has 4 rings (SSSR count).